The lowest BCUT2D eigenvalue weighted by molar-refractivity contribution is -0.0952. The zero-order valence-electron chi connectivity index (χ0n) is 6.29. The molecule has 0 bridgehead atoms. The quantitative estimate of drug-likeness (QED) is 0.534. The molecule has 0 saturated carbocycles. The summed E-state index contributed by atoms with van der Waals surface area (Å²) >= 11 is 0. The second-order valence-electron chi connectivity index (χ2n) is 2.90. The van der Waals surface area contributed by atoms with Crippen LogP contribution in [-0.2, 0) is 4.74 Å². The Morgan fingerprint density at radius 2 is 2.40 bits per heavy atom. The van der Waals surface area contributed by atoms with Crippen LogP contribution in [0.1, 0.15) is 13.3 Å². The molecule has 1 saturated heterocycles. The molecule has 0 amide bonds. The van der Waals surface area contributed by atoms with Gasteiger partial charge in [-0.1, -0.05) is 6.92 Å². The van der Waals surface area contributed by atoms with Crippen molar-refractivity contribution in [1.82, 2.24) is 0 Å². The van der Waals surface area contributed by atoms with Gasteiger partial charge < -0.3 is 15.6 Å². The minimum atomic E-state index is -0.362. The highest BCUT2D eigenvalue weighted by Gasteiger charge is 2.28. The van der Waals surface area contributed by atoms with Gasteiger partial charge in [0, 0.05) is 13.2 Å². The largest absolute Gasteiger partial charge is 0.390 e. The van der Waals surface area contributed by atoms with Crippen molar-refractivity contribution >= 4 is 0 Å². The molecule has 1 fully saturated rings. The number of hydrogen-bond donors (Lipinski definition) is 2. The van der Waals surface area contributed by atoms with Gasteiger partial charge in [0.25, 0.3) is 0 Å². The van der Waals surface area contributed by atoms with Crippen molar-refractivity contribution in [2.75, 3.05) is 13.2 Å². The molecular formula is C7H15NO2. The number of nitrogens with two attached hydrogens (primary N) is 1. The Kier molecular flexibility index (Phi) is 2.65. The molecule has 3 nitrogen and oxygen atoms in total. The Morgan fingerprint density at radius 1 is 1.70 bits per heavy atom. The minimum absolute atomic E-state index is 0.135. The summed E-state index contributed by atoms with van der Waals surface area (Å²) in [6, 6.07) is 0. The Bertz CT molecular complexity index is 108. The van der Waals surface area contributed by atoms with Gasteiger partial charge >= 0.3 is 0 Å². The number of ether oxygens (including phenoxy) is 1. The fourth-order valence-corrected chi connectivity index (χ4v) is 1.25. The molecule has 1 aliphatic heterocycles. The van der Waals surface area contributed by atoms with E-state index in [4.69, 9.17) is 10.5 Å². The van der Waals surface area contributed by atoms with Crippen molar-refractivity contribution in [3.8, 4) is 0 Å². The van der Waals surface area contributed by atoms with Crippen LogP contribution in [0.2, 0.25) is 0 Å². The van der Waals surface area contributed by atoms with Crippen LogP contribution in [0, 0.1) is 5.92 Å². The highest BCUT2D eigenvalue weighted by atomic mass is 16.5. The fraction of sp³-hybridized carbons (Fsp3) is 1.00. The summed E-state index contributed by atoms with van der Waals surface area (Å²) in [5.74, 6) is 0.335. The van der Waals surface area contributed by atoms with E-state index in [2.05, 4.69) is 0 Å². The molecule has 3 atom stereocenters. The molecule has 0 aromatic carbocycles. The predicted molar refractivity (Wildman–Crippen MR) is 38.6 cm³/mol. The molecule has 3 N–H and O–H groups in total. The van der Waals surface area contributed by atoms with E-state index in [0.717, 1.165) is 13.0 Å². The summed E-state index contributed by atoms with van der Waals surface area (Å²) in [6.07, 6.45) is 0.444. The third-order valence-electron chi connectivity index (χ3n) is 2.10. The predicted octanol–water partition coefficient (Wildman–Crippen LogP) is -0.269. The summed E-state index contributed by atoms with van der Waals surface area (Å²) in [4.78, 5) is 0. The second-order valence-corrected chi connectivity index (χ2v) is 2.90. The number of rotatable bonds is 1. The Hall–Kier alpha value is -0.120. The van der Waals surface area contributed by atoms with Crippen LogP contribution in [-0.4, -0.2) is 30.5 Å². The third kappa shape index (κ3) is 1.48. The van der Waals surface area contributed by atoms with E-state index in [9.17, 15) is 5.11 Å². The van der Waals surface area contributed by atoms with Gasteiger partial charge in [0.15, 0.2) is 0 Å². The average Bonchev–Trinajstić information content (AvgIpc) is 1.95. The van der Waals surface area contributed by atoms with Gasteiger partial charge in [0.05, 0.1) is 12.2 Å². The zero-order chi connectivity index (χ0) is 7.56. The molecule has 0 radical (unpaired) electrons. The first-order valence-electron chi connectivity index (χ1n) is 3.75. The molecule has 1 rings (SSSR count). The van der Waals surface area contributed by atoms with Gasteiger partial charge in [-0.05, 0) is 12.3 Å². The van der Waals surface area contributed by atoms with E-state index >= 15 is 0 Å². The minimum Gasteiger partial charge on any atom is -0.390 e. The number of aliphatic hydroxyl groups is 1. The van der Waals surface area contributed by atoms with Crippen molar-refractivity contribution in [3.05, 3.63) is 0 Å². The Balaban J connectivity index is 2.42. The van der Waals surface area contributed by atoms with Crippen molar-refractivity contribution in [3.63, 3.8) is 0 Å². The highest BCUT2D eigenvalue weighted by molar-refractivity contribution is 4.78. The molecule has 1 heterocycles. The molecule has 0 spiro atoms. The SMILES string of the molecule is CC1CCOC(CN)C1O. The lowest BCUT2D eigenvalue weighted by atomic mass is 9.94. The summed E-state index contributed by atoms with van der Waals surface area (Å²) in [5.41, 5.74) is 5.37. The van der Waals surface area contributed by atoms with E-state index in [0.29, 0.717) is 12.5 Å². The van der Waals surface area contributed by atoms with E-state index in [1.807, 2.05) is 6.92 Å². The Labute approximate surface area is 61.2 Å². The number of hydrogen-bond acceptors (Lipinski definition) is 3. The Morgan fingerprint density at radius 3 is 2.90 bits per heavy atom. The molecule has 3 unspecified atom stereocenters. The summed E-state index contributed by atoms with van der Waals surface area (Å²) in [7, 11) is 0. The molecule has 1 aliphatic rings. The number of aliphatic hydroxyl groups excluding tert-OH is 1. The monoisotopic (exact) mass is 145 g/mol. The van der Waals surface area contributed by atoms with E-state index in [1.54, 1.807) is 0 Å². The third-order valence-corrected chi connectivity index (χ3v) is 2.10. The molecule has 0 aromatic heterocycles. The molecular weight excluding hydrogens is 130 g/mol. The van der Waals surface area contributed by atoms with Gasteiger partial charge in [-0.3, -0.25) is 0 Å². The van der Waals surface area contributed by atoms with Crippen LogP contribution in [0.3, 0.4) is 0 Å². The van der Waals surface area contributed by atoms with Gasteiger partial charge in [0.2, 0.25) is 0 Å². The van der Waals surface area contributed by atoms with Crippen molar-refractivity contribution < 1.29 is 9.84 Å². The lowest BCUT2D eigenvalue weighted by Gasteiger charge is -2.31. The van der Waals surface area contributed by atoms with E-state index in [1.165, 1.54) is 0 Å². The van der Waals surface area contributed by atoms with Crippen molar-refractivity contribution in [2.24, 2.45) is 11.7 Å². The van der Waals surface area contributed by atoms with Crippen LogP contribution in [0.4, 0.5) is 0 Å². The van der Waals surface area contributed by atoms with Crippen LogP contribution in [0.5, 0.6) is 0 Å². The van der Waals surface area contributed by atoms with Gasteiger partial charge in [-0.15, -0.1) is 0 Å². The van der Waals surface area contributed by atoms with E-state index in [-0.39, 0.29) is 12.2 Å². The second kappa shape index (κ2) is 3.32. The summed E-state index contributed by atoms with van der Waals surface area (Å²) in [6.45, 7) is 3.18. The maximum Gasteiger partial charge on any atom is 0.0958 e. The summed E-state index contributed by atoms with van der Waals surface area (Å²) in [5, 5.41) is 9.43. The molecule has 10 heavy (non-hydrogen) atoms. The summed E-state index contributed by atoms with van der Waals surface area (Å²) < 4.78 is 5.23. The first kappa shape index (κ1) is 7.98. The smallest absolute Gasteiger partial charge is 0.0958 e. The topological polar surface area (TPSA) is 55.5 Å². The van der Waals surface area contributed by atoms with Gasteiger partial charge in [0.1, 0.15) is 0 Å². The van der Waals surface area contributed by atoms with Gasteiger partial charge in [-0.25, -0.2) is 0 Å². The maximum absolute atomic E-state index is 9.43. The van der Waals surface area contributed by atoms with Crippen molar-refractivity contribution in [2.45, 2.75) is 25.6 Å². The van der Waals surface area contributed by atoms with Crippen LogP contribution in [0.25, 0.3) is 0 Å². The van der Waals surface area contributed by atoms with Crippen LogP contribution in [0.15, 0.2) is 0 Å². The standard InChI is InChI=1S/C7H15NO2/c1-5-2-3-10-6(4-8)7(5)9/h5-7,9H,2-4,8H2,1H3. The van der Waals surface area contributed by atoms with Gasteiger partial charge in [-0.2, -0.15) is 0 Å². The zero-order valence-corrected chi connectivity index (χ0v) is 6.29. The first-order valence-corrected chi connectivity index (χ1v) is 3.75. The highest BCUT2D eigenvalue weighted by Crippen LogP contribution is 2.19. The fourth-order valence-electron chi connectivity index (χ4n) is 1.25. The maximum atomic E-state index is 9.43. The average molecular weight is 145 g/mol. The lowest BCUT2D eigenvalue weighted by Crippen LogP contribution is -2.44. The van der Waals surface area contributed by atoms with Crippen molar-refractivity contribution in [1.29, 1.82) is 0 Å². The normalized spacial score (nSPS) is 41.7. The first-order chi connectivity index (χ1) is 4.75. The molecule has 60 valence electrons. The molecule has 0 aromatic rings. The molecule has 0 aliphatic carbocycles. The molecule has 3 heteroatoms. The van der Waals surface area contributed by atoms with Crippen LogP contribution < -0.4 is 5.73 Å². The van der Waals surface area contributed by atoms with E-state index < -0.39 is 0 Å². The van der Waals surface area contributed by atoms with Crippen LogP contribution >= 0.6 is 0 Å².